The summed E-state index contributed by atoms with van der Waals surface area (Å²) in [5.41, 5.74) is 0. The fourth-order valence-corrected chi connectivity index (χ4v) is 5.21. The van der Waals surface area contributed by atoms with Gasteiger partial charge < -0.3 is 66.3 Å². The normalized spacial score (nSPS) is 22.8. The quantitative estimate of drug-likeness (QED) is 0.0344. The van der Waals surface area contributed by atoms with Crippen molar-refractivity contribution in [1.82, 2.24) is 0 Å². The SMILES string of the molecule is C=CC(=O)OCCOC1(OCC)OC(OCC)(OCC)C(OCC)(OCC)OC(OCC)(OC(=O)C(=C)OCC)C(OCC)(OCC)OC1(OCC)OCC. The third kappa shape index (κ3) is 11.6. The van der Waals surface area contributed by atoms with E-state index in [0.717, 1.165) is 6.08 Å². The average Bonchev–Trinajstić information content (AvgIpc) is 3.15. The van der Waals surface area contributed by atoms with Crippen LogP contribution in [0.25, 0.3) is 0 Å². The molecule has 0 bridgehead atoms. The molecular formula is C36H64O19. The lowest BCUT2D eigenvalue weighted by molar-refractivity contribution is -0.647. The van der Waals surface area contributed by atoms with Crippen LogP contribution in [0.1, 0.15) is 76.2 Å². The third-order valence-electron chi connectivity index (χ3n) is 6.83. The Bertz CT molecular complexity index is 1130. The highest BCUT2D eigenvalue weighted by molar-refractivity contribution is 5.85. The van der Waals surface area contributed by atoms with Crippen molar-refractivity contribution in [3.8, 4) is 0 Å². The molecule has 1 rings (SSSR count). The van der Waals surface area contributed by atoms with Gasteiger partial charge in [0.15, 0.2) is 5.76 Å². The first-order valence-electron chi connectivity index (χ1n) is 18.8. The van der Waals surface area contributed by atoms with Crippen molar-refractivity contribution in [2.75, 3.05) is 85.9 Å². The van der Waals surface area contributed by atoms with Gasteiger partial charge in [-0.15, -0.1) is 0 Å². The van der Waals surface area contributed by atoms with Crippen LogP contribution in [-0.2, 0) is 90.1 Å². The Morgan fingerprint density at radius 2 is 0.727 bits per heavy atom. The van der Waals surface area contributed by atoms with Gasteiger partial charge >= 0.3 is 47.8 Å². The van der Waals surface area contributed by atoms with E-state index in [1.807, 2.05) is 0 Å². The number of hydrogen-bond donors (Lipinski definition) is 0. The first kappa shape index (κ1) is 50.7. The average molecular weight is 801 g/mol. The predicted octanol–water partition coefficient (Wildman–Crippen LogP) is 4.18. The van der Waals surface area contributed by atoms with Crippen molar-refractivity contribution >= 4 is 11.9 Å². The molecule has 0 aromatic heterocycles. The highest BCUT2D eigenvalue weighted by Crippen LogP contribution is 2.53. The Labute approximate surface area is 324 Å². The van der Waals surface area contributed by atoms with Gasteiger partial charge in [-0.2, -0.15) is 0 Å². The van der Waals surface area contributed by atoms with Gasteiger partial charge in [-0.25, -0.2) is 14.3 Å². The maximum Gasteiger partial charge on any atom is 0.421 e. The predicted molar refractivity (Wildman–Crippen MR) is 190 cm³/mol. The first-order chi connectivity index (χ1) is 26.3. The van der Waals surface area contributed by atoms with E-state index in [1.54, 1.807) is 76.2 Å². The molecule has 0 aromatic carbocycles. The standard InChI is InChI=1S/C36H64O19/c1-14-29(37)40-26-27-51-34(47-22-9)33(45-20-7,46-21-8)54-35(48-23-10,49-24-11)36(50-25-12,52-30(38)28(13)39-15-2)55-32(43-18-5,44-19-6)31(53-34,41-16-3)42-17-4/h14H,1,13,15-27H2,2-12H3. The molecular weight excluding hydrogens is 736 g/mol. The lowest BCUT2D eigenvalue weighted by atomic mass is 10.3. The fourth-order valence-electron chi connectivity index (χ4n) is 5.21. The molecule has 1 aliphatic heterocycles. The molecule has 1 saturated heterocycles. The van der Waals surface area contributed by atoms with Crippen LogP contribution in [0, 0.1) is 0 Å². The molecule has 1 fully saturated rings. The molecule has 1 heterocycles. The van der Waals surface area contributed by atoms with Crippen LogP contribution in [-0.4, -0.2) is 134 Å². The number of carbonyl (C=O) groups is 2. The van der Waals surface area contributed by atoms with Crippen LogP contribution in [0.15, 0.2) is 25.0 Å². The molecule has 2 atom stereocenters. The molecule has 0 amide bonds. The molecule has 2 unspecified atom stereocenters. The third-order valence-corrected chi connectivity index (χ3v) is 6.83. The maximum absolute atomic E-state index is 14.0. The summed E-state index contributed by atoms with van der Waals surface area (Å²) >= 11 is 0. The molecule has 322 valence electrons. The molecule has 0 N–H and O–H groups in total. The van der Waals surface area contributed by atoms with Crippen molar-refractivity contribution in [3.05, 3.63) is 25.0 Å². The van der Waals surface area contributed by atoms with Crippen LogP contribution in [0.3, 0.4) is 0 Å². The Morgan fingerprint density at radius 3 is 1.04 bits per heavy atom. The highest BCUT2D eigenvalue weighted by Gasteiger charge is 2.81. The summed E-state index contributed by atoms with van der Waals surface area (Å²) in [7, 11) is 0. The van der Waals surface area contributed by atoms with E-state index >= 15 is 0 Å². The van der Waals surface area contributed by atoms with Crippen molar-refractivity contribution < 1.29 is 90.1 Å². The Kier molecular flexibility index (Phi) is 22.5. The van der Waals surface area contributed by atoms with E-state index in [4.69, 9.17) is 80.5 Å². The Balaban J connectivity index is 4.91. The van der Waals surface area contributed by atoms with E-state index < -0.39 is 60.1 Å². The molecule has 0 saturated carbocycles. The number of hydrogen-bond acceptors (Lipinski definition) is 19. The summed E-state index contributed by atoms with van der Waals surface area (Å²) in [6, 6.07) is 0. The summed E-state index contributed by atoms with van der Waals surface area (Å²) < 4.78 is 107. The monoisotopic (exact) mass is 800 g/mol. The largest absolute Gasteiger partial charge is 0.487 e. The van der Waals surface area contributed by atoms with Gasteiger partial charge in [0.1, 0.15) is 6.61 Å². The van der Waals surface area contributed by atoms with E-state index in [9.17, 15) is 9.59 Å². The molecule has 19 nitrogen and oxygen atoms in total. The van der Waals surface area contributed by atoms with Gasteiger partial charge in [-0.3, -0.25) is 9.47 Å². The second kappa shape index (κ2) is 24.4. The number of esters is 2. The molecule has 1 aliphatic rings. The van der Waals surface area contributed by atoms with Crippen LogP contribution < -0.4 is 0 Å². The van der Waals surface area contributed by atoms with Gasteiger partial charge in [-0.1, -0.05) is 6.58 Å². The van der Waals surface area contributed by atoms with Crippen LogP contribution in [0.4, 0.5) is 0 Å². The molecule has 0 spiro atoms. The van der Waals surface area contributed by atoms with Crippen molar-refractivity contribution in [3.63, 3.8) is 0 Å². The van der Waals surface area contributed by atoms with Crippen molar-refractivity contribution in [2.45, 2.75) is 112 Å². The number of rotatable bonds is 29. The Hall–Kier alpha value is -2.34. The summed E-state index contributed by atoms with van der Waals surface area (Å²) in [4.78, 5) is 26.1. The smallest absolute Gasteiger partial charge is 0.421 e. The summed E-state index contributed by atoms with van der Waals surface area (Å²) in [6.45, 7) is 21.7. The summed E-state index contributed by atoms with van der Waals surface area (Å²) in [6.07, 6.45) is 0.973. The second-order valence-corrected chi connectivity index (χ2v) is 10.4. The zero-order valence-electron chi connectivity index (χ0n) is 34.4. The lowest BCUT2D eigenvalue weighted by Crippen LogP contribution is -2.73. The molecule has 0 radical (unpaired) electrons. The van der Waals surface area contributed by atoms with E-state index in [2.05, 4.69) is 13.2 Å². The minimum atomic E-state index is -3.10. The van der Waals surface area contributed by atoms with Gasteiger partial charge in [0, 0.05) is 65.5 Å². The van der Waals surface area contributed by atoms with Gasteiger partial charge in [0.05, 0.1) is 19.8 Å². The first-order valence-corrected chi connectivity index (χ1v) is 18.8. The zero-order valence-corrected chi connectivity index (χ0v) is 34.4. The lowest BCUT2D eigenvalue weighted by Gasteiger charge is -2.51. The minimum Gasteiger partial charge on any atom is -0.487 e. The van der Waals surface area contributed by atoms with Crippen molar-refractivity contribution in [1.29, 1.82) is 0 Å². The molecule has 19 heteroatoms. The van der Waals surface area contributed by atoms with E-state index in [1.165, 1.54) is 0 Å². The van der Waals surface area contributed by atoms with E-state index in [-0.39, 0.29) is 79.3 Å². The zero-order chi connectivity index (χ0) is 41.7. The molecule has 55 heavy (non-hydrogen) atoms. The van der Waals surface area contributed by atoms with Gasteiger partial charge in [0.25, 0.3) is 0 Å². The Morgan fingerprint density at radius 1 is 0.436 bits per heavy atom. The number of carbonyl (C=O) groups excluding carboxylic acids is 2. The minimum absolute atomic E-state index is 0.0383. The summed E-state index contributed by atoms with van der Waals surface area (Å²) in [5, 5.41) is 0. The second-order valence-electron chi connectivity index (χ2n) is 10.4. The molecule has 0 aromatic rings. The fraction of sp³-hybridized carbons (Fsp3) is 0.833. The highest BCUT2D eigenvalue weighted by atomic mass is 17.1. The maximum atomic E-state index is 14.0. The summed E-state index contributed by atoms with van der Waals surface area (Å²) in [5.74, 6) is -19.8. The van der Waals surface area contributed by atoms with Crippen LogP contribution in [0.5, 0.6) is 0 Å². The van der Waals surface area contributed by atoms with Gasteiger partial charge in [0.2, 0.25) is 0 Å². The van der Waals surface area contributed by atoms with E-state index in [0.29, 0.717) is 0 Å². The van der Waals surface area contributed by atoms with Gasteiger partial charge in [-0.05, 0) is 82.7 Å². The molecule has 0 aliphatic carbocycles. The van der Waals surface area contributed by atoms with Crippen LogP contribution in [0.2, 0.25) is 0 Å². The van der Waals surface area contributed by atoms with Crippen LogP contribution >= 0.6 is 0 Å². The topological polar surface area (TPSA) is 191 Å². The van der Waals surface area contributed by atoms with Crippen molar-refractivity contribution in [2.24, 2.45) is 0 Å². The number of ether oxygens (including phenoxy) is 17.